The van der Waals surface area contributed by atoms with Crippen LogP contribution in [0.2, 0.25) is 0 Å². The van der Waals surface area contributed by atoms with Crippen LogP contribution in [0.25, 0.3) is 0 Å². The number of benzene rings is 1. The Morgan fingerprint density at radius 2 is 2.00 bits per heavy atom. The molecule has 5 nitrogen and oxygen atoms in total. The molecular formula is C12H12BrN3O2S. The average molecular weight is 342 g/mol. The summed E-state index contributed by atoms with van der Waals surface area (Å²) in [5.74, 6) is 0. The first kappa shape index (κ1) is 13.8. The summed E-state index contributed by atoms with van der Waals surface area (Å²) in [5, 5.41) is 0. The van der Waals surface area contributed by atoms with Gasteiger partial charge in [0.2, 0.25) is 0 Å². The summed E-state index contributed by atoms with van der Waals surface area (Å²) in [6, 6.07) is 7.85. The van der Waals surface area contributed by atoms with Crippen LogP contribution in [0.4, 0.5) is 11.4 Å². The van der Waals surface area contributed by atoms with E-state index in [4.69, 9.17) is 5.73 Å². The fraction of sp³-hybridized carbons (Fsp3) is 0.0833. The second-order valence-corrected chi connectivity index (χ2v) is 6.51. The number of nitrogens with two attached hydrogens (primary N) is 1. The summed E-state index contributed by atoms with van der Waals surface area (Å²) < 4.78 is 27.4. The Labute approximate surface area is 120 Å². The predicted molar refractivity (Wildman–Crippen MR) is 78.3 cm³/mol. The molecule has 2 aromatic rings. The van der Waals surface area contributed by atoms with Gasteiger partial charge in [-0.1, -0.05) is 0 Å². The Balaban J connectivity index is 2.32. The lowest BCUT2D eigenvalue weighted by atomic mass is 10.3. The topological polar surface area (TPSA) is 85.1 Å². The molecule has 1 heterocycles. The molecule has 3 N–H and O–H groups in total. The van der Waals surface area contributed by atoms with Crippen molar-refractivity contribution in [2.75, 3.05) is 10.5 Å². The Morgan fingerprint density at radius 1 is 1.26 bits per heavy atom. The number of nitrogen functional groups attached to an aromatic ring is 1. The van der Waals surface area contributed by atoms with Gasteiger partial charge in [-0.15, -0.1) is 0 Å². The van der Waals surface area contributed by atoms with Gasteiger partial charge in [0.1, 0.15) is 0 Å². The number of aryl methyl sites for hydroxylation is 1. The van der Waals surface area contributed by atoms with Crippen molar-refractivity contribution in [1.29, 1.82) is 0 Å². The highest BCUT2D eigenvalue weighted by Crippen LogP contribution is 2.24. The lowest BCUT2D eigenvalue weighted by Crippen LogP contribution is -2.13. The summed E-state index contributed by atoms with van der Waals surface area (Å²) in [7, 11) is -3.66. The SMILES string of the molecule is Cc1ccc(NS(=O)(=O)c2ccc(Br)c(N)c2)cn1. The van der Waals surface area contributed by atoms with Crippen LogP contribution in [-0.4, -0.2) is 13.4 Å². The van der Waals surface area contributed by atoms with Crippen molar-refractivity contribution in [3.63, 3.8) is 0 Å². The minimum atomic E-state index is -3.66. The van der Waals surface area contributed by atoms with E-state index in [0.29, 0.717) is 15.8 Å². The third kappa shape index (κ3) is 3.24. The maximum Gasteiger partial charge on any atom is 0.262 e. The smallest absolute Gasteiger partial charge is 0.262 e. The van der Waals surface area contributed by atoms with E-state index in [1.54, 1.807) is 18.2 Å². The van der Waals surface area contributed by atoms with Crippen molar-refractivity contribution >= 4 is 37.3 Å². The molecule has 0 unspecified atom stereocenters. The second kappa shape index (κ2) is 5.18. The van der Waals surface area contributed by atoms with Crippen LogP contribution in [0.1, 0.15) is 5.69 Å². The van der Waals surface area contributed by atoms with Gasteiger partial charge in [0, 0.05) is 15.9 Å². The fourth-order valence-electron chi connectivity index (χ4n) is 1.43. The Morgan fingerprint density at radius 3 is 2.58 bits per heavy atom. The second-order valence-electron chi connectivity index (χ2n) is 3.98. The van der Waals surface area contributed by atoms with Crippen molar-refractivity contribution < 1.29 is 8.42 Å². The van der Waals surface area contributed by atoms with E-state index in [0.717, 1.165) is 5.69 Å². The number of nitrogens with zero attached hydrogens (tertiary/aromatic N) is 1. The van der Waals surface area contributed by atoms with Gasteiger partial charge in [-0.3, -0.25) is 9.71 Å². The van der Waals surface area contributed by atoms with Crippen LogP contribution in [0.15, 0.2) is 45.9 Å². The van der Waals surface area contributed by atoms with Gasteiger partial charge in [0.25, 0.3) is 10.0 Å². The van der Waals surface area contributed by atoms with Crippen molar-refractivity contribution in [1.82, 2.24) is 4.98 Å². The third-order valence-electron chi connectivity index (χ3n) is 2.44. The number of anilines is 2. The van der Waals surface area contributed by atoms with Crippen molar-refractivity contribution in [3.8, 4) is 0 Å². The number of pyridine rings is 1. The minimum Gasteiger partial charge on any atom is -0.398 e. The molecule has 19 heavy (non-hydrogen) atoms. The number of sulfonamides is 1. The number of halogens is 1. The van der Waals surface area contributed by atoms with Gasteiger partial charge < -0.3 is 5.73 Å². The Kier molecular flexibility index (Phi) is 3.77. The zero-order valence-electron chi connectivity index (χ0n) is 10.1. The molecular weight excluding hydrogens is 330 g/mol. The number of aromatic nitrogens is 1. The molecule has 0 bridgehead atoms. The first-order valence-electron chi connectivity index (χ1n) is 5.39. The average Bonchev–Trinajstić information content (AvgIpc) is 2.35. The number of hydrogen-bond acceptors (Lipinski definition) is 4. The lowest BCUT2D eigenvalue weighted by molar-refractivity contribution is 0.601. The highest BCUT2D eigenvalue weighted by Gasteiger charge is 2.15. The quantitative estimate of drug-likeness (QED) is 0.840. The van der Waals surface area contributed by atoms with Crippen LogP contribution in [0.3, 0.4) is 0 Å². The molecule has 0 radical (unpaired) electrons. The van der Waals surface area contributed by atoms with Crippen molar-refractivity contribution in [2.24, 2.45) is 0 Å². The van der Waals surface area contributed by atoms with E-state index in [2.05, 4.69) is 25.6 Å². The summed E-state index contributed by atoms with van der Waals surface area (Å²) in [5.41, 5.74) is 7.27. The first-order chi connectivity index (χ1) is 8.88. The standard InChI is InChI=1S/C12H12BrN3O2S/c1-8-2-3-9(7-15-8)16-19(17,18)10-4-5-11(13)12(14)6-10/h2-7,16H,14H2,1H3. The third-order valence-corrected chi connectivity index (χ3v) is 4.54. The van der Waals surface area contributed by atoms with E-state index in [1.807, 2.05) is 6.92 Å². The molecule has 0 aliphatic rings. The van der Waals surface area contributed by atoms with Crippen LogP contribution in [0, 0.1) is 6.92 Å². The van der Waals surface area contributed by atoms with Crippen LogP contribution in [-0.2, 0) is 10.0 Å². The molecule has 0 fully saturated rings. The predicted octanol–water partition coefficient (Wildman–Crippen LogP) is 2.54. The number of nitrogens with one attached hydrogen (secondary N) is 1. The molecule has 0 atom stereocenters. The maximum atomic E-state index is 12.1. The van der Waals surface area contributed by atoms with Gasteiger partial charge in [0.15, 0.2) is 0 Å². The molecule has 2 rings (SSSR count). The van der Waals surface area contributed by atoms with E-state index in [9.17, 15) is 8.42 Å². The van der Waals surface area contributed by atoms with E-state index in [-0.39, 0.29) is 4.90 Å². The summed E-state index contributed by atoms with van der Waals surface area (Å²) in [6.45, 7) is 1.83. The van der Waals surface area contributed by atoms with Crippen molar-refractivity contribution in [3.05, 3.63) is 46.7 Å². The molecule has 0 spiro atoms. The molecule has 100 valence electrons. The van der Waals surface area contributed by atoms with Crippen LogP contribution in [0.5, 0.6) is 0 Å². The summed E-state index contributed by atoms with van der Waals surface area (Å²) in [4.78, 5) is 4.13. The van der Waals surface area contributed by atoms with Gasteiger partial charge in [0.05, 0.1) is 16.8 Å². The molecule has 0 saturated carbocycles. The molecule has 0 saturated heterocycles. The maximum absolute atomic E-state index is 12.1. The summed E-state index contributed by atoms with van der Waals surface area (Å²) >= 11 is 3.22. The fourth-order valence-corrected chi connectivity index (χ4v) is 2.76. The zero-order chi connectivity index (χ0) is 14.0. The normalized spacial score (nSPS) is 11.3. The molecule has 7 heteroatoms. The minimum absolute atomic E-state index is 0.105. The Hall–Kier alpha value is -1.60. The van der Waals surface area contributed by atoms with Crippen LogP contribution < -0.4 is 10.5 Å². The van der Waals surface area contributed by atoms with Gasteiger partial charge >= 0.3 is 0 Å². The first-order valence-corrected chi connectivity index (χ1v) is 7.66. The Bertz CT molecular complexity index is 699. The molecule has 0 aliphatic carbocycles. The lowest BCUT2D eigenvalue weighted by Gasteiger charge is -2.09. The van der Waals surface area contributed by atoms with E-state index in [1.165, 1.54) is 18.3 Å². The molecule has 0 amide bonds. The zero-order valence-corrected chi connectivity index (χ0v) is 12.5. The highest BCUT2D eigenvalue weighted by atomic mass is 79.9. The van der Waals surface area contributed by atoms with E-state index < -0.39 is 10.0 Å². The molecule has 1 aromatic carbocycles. The number of hydrogen-bond donors (Lipinski definition) is 2. The monoisotopic (exact) mass is 341 g/mol. The van der Waals surface area contributed by atoms with E-state index >= 15 is 0 Å². The van der Waals surface area contributed by atoms with Gasteiger partial charge in [-0.25, -0.2) is 8.42 Å². The van der Waals surface area contributed by atoms with Gasteiger partial charge in [-0.2, -0.15) is 0 Å². The van der Waals surface area contributed by atoms with Crippen LogP contribution >= 0.6 is 15.9 Å². The molecule has 1 aromatic heterocycles. The number of rotatable bonds is 3. The largest absolute Gasteiger partial charge is 0.398 e. The summed E-state index contributed by atoms with van der Waals surface area (Å²) in [6.07, 6.45) is 1.47. The highest BCUT2D eigenvalue weighted by molar-refractivity contribution is 9.10. The van der Waals surface area contributed by atoms with Crippen molar-refractivity contribution in [2.45, 2.75) is 11.8 Å². The molecule has 0 aliphatic heterocycles. The van der Waals surface area contributed by atoms with Gasteiger partial charge in [-0.05, 0) is 53.2 Å².